The quantitative estimate of drug-likeness (QED) is 0.717. The van der Waals surface area contributed by atoms with Crippen LogP contribution >= 0.6 is 0 Å². The number of hydrogen-bond acceptors (Lipinski definition) is 2. The topological polar surface area (TPSA) is 41.6 Å². The van der Waals surface area contributed by atoms with Crippen LogP contribution in [-0.4, -0.2) is 15.0 Å². The number of allylic oxidation sites excluding steroid dienone is 2. The summed E-state index contributed by atoms with van der Waals surface area (Å²) in [7, 11) is 0. The fourth-order valence-electron chi connectivity index (χ4n) is 2.11. The average molecular weight is 199 g/mol. The van der Waals surface area contributed by atoms with Crippen molar-refractivity contribution in [2.45, 2.75) is 25.2 Å². The molecule has 0 bridgehead atoms. The zero-order valence-electron chi connectivity index (χ0n) is 8.48. The molecule has 0 saturated carbocycles. The Balaban J connectivity index is 2.00. The van der Waals surface area contributed by atoms with Crippen LogP contribution < -0.4 is 0 Å². The lowest BCUT2D eigenvalue weighted by molar-refractivity contribution is 0.590. The highest BCUT2D eigenvalue weighted by Crippen LogP contribution is 2.28. The van der Waals surface area contributed by atoms with E-state index in [1.807, 2.05) is 12.3 Å². The van der Waals surface area contributed by atoms with E-state index in [1.165, 1.54) is 12.8 Å². The molecule has 2 aromatic rings. The molecule has 0 radical (unpaired) electrons. The molecular formula is C12H13N3. The number of aromatic amines is 1. The van der Waals surface area contributed by atoms with Gasteiger partial charge in [-0.05, 0) is 25.3 Å². The first-order valence-corrected chi connectivity index (χ1v) is 5.38. The number of nitrogens with one attached hydrogen (secondary N) is 1. The Morgan fingerprint density at radius 3 is 3.13 bits per heavy atom. The van der Waals surface area contributed by atoms with Crippen molar-refractivity contribution in [1.29, 1.82) is 0 Å². The number of fused-ring (bicyclic) bond motifs is 1. The Bertz CT molecular complexity index is 465. The van der Waals surface area contributed by atoms with Gasteiger partial charge in [-0.1, -0.05) is 12.2 Å². The van der Waals surface area contributed by atoms with Crippen LogP contribution in [0, 0.1) is 0 Å². The van der Waals surface area contributed by atoms with Gasteiger partial charge in [-0.3, -0.25) is 4.98 Å². The predicted octanol–water partition coefficient (Wildman–Crippen LogP) is 2.78. The second kappa shape index (κ2) is 3.50. The molecule has 1 aliphatic rings. The third kappa shape index (κ3) is 1.54. The molecule has 1 N–H and O–H groups in total. The molecule has 2 heterocycles. The van der Waals surface area contributed by atoms with Crippen LogP contribution in [0.4, 0.5) is 0 Å². The van der Waals surface area contributed by atoms with Gasteiger partial charge in [0.25, 0.3) is 0 Å². The molecule has 2 aromatic heterocycles. The summed E-state index contributed by atoms with van der Waals surface area (Å²) in [6.45, 7) is 0. The first-order valence-electron chi connectivity index (χ1n) is 5.38. The molecule has 0 amide bonds. The second-order valence-corrected chi connectivity index (χ2v) is 4.00. The van der Waals surface area contributed by atoms with Gasteiger partial charge in [0.2, 0.25) is 0 Å². The molecule has 1 unspecified atom stereocenters. The lowest BCUT2D eigenvalue weighted by Crippen LogP contribution is -2.02. The van der Waals surface area contributed by atoms with Crippen LogP contribution in [0.3, 0.4) is 0 Å². The monoisotopic (exact) mass is 199 g/mol. The Labute approximate surface area is 88.3 Å². The molecule has 0 aromatic carbocycles. The van der Waals surface area contributed by atoms with E-state index in [2.05, 4.69) is 27.1 Å². The van der Waals surface area contributed by atoms with Crippen LogP contribution in [0.1, 0.15) is 31.0 Å². The van der Waals surface area contributed by atoms with Gasteiger partial charge in [-0.2, -0.15) is 0 Å². The molecule has 15 heavy (non-hydrogen) atoms. The van der Waals surface area contributed by atoms with Gasteiger partial charge in [-0.15, -0.1) is 0 Å². The summed E-state index contributed by atoms with van der Waals surface area (Å²) < 4.78 is 0. The van der Waals surface area contributed by atoms with Crippen LogP contribution in [0.5, 0.6) is 0 Å². The van der Waals surface area contributed by atoms with E-state index in [4.69, 9.17) is 0 Å². The molecule has 0 aliphatic heterocycles. The molecule has 3 rings (SSSR count). The van der Waals surface area contributed by atoms with Crippen LogP contribution in [-0.2, 0) is 0 Å². The van der Waals surface area contributed by atoms with Crippen molar-refractivity contribution < 1.29 is 0 Å². The van der Waals surface area contributed by atoms with Gasteiger partial charge in [0, 0.05) is 12.1 Å². The largest absolute Gasteiger partial charge is 0.340 e. The zero-order valence-corrected chi connectivity index (χ0v) is 8.48. The fraction of sp³-hybridized carbons (Fsp3) is 0.333. The maximum atomic E-state index is 4.61. The third-order valence-corrected chi connectivity index (χ3v) is 2.96. The molecule has 1 atom stereocenters. The smallest absolute Gasteiger partial charge is 0.110 e. The molecule has 3 heteroatoms. The summed E-state index contributed by atoms with van der Waals surface area (Å²) in [5.74, 6) is 1.67. The zero-order chi connectivity index (χ0) is 10.1. The second-order valence-electron chi connectivity index (χ2n) is 4.00. The third-order valence-electron chi connectivity index (χ3n) is 2.96. The van der Waals surface area contributed by atoms with E-state index in [9.17, 15) is 0 Å². The molecule has 1 aliphatic carbocycles. The number of hydrogen-bond donors (Lipinski definition) is 1. The van der Waals surface area contributed by atoms with Crippen LogP contribution in [0.25, 0.3) is 11.0 Å². The minimum atomic E-state index is 0.558. The van der Waals surface area contributed by atoms with Gasteiger partial charge >= 0.3 is 0 Å². The average Bonchev–Trinajstić information content (AvgIpc) is 2.74. The number of aromatic nitrogens is 3. The molecule has 76 valence electrons. The first kappa shape index (κ1) is 8.65. The lowest BCUT2D eigenvalue weighted by Gasteiger charge is -2.14. The maximum absolute atomic E-state index is 4.61. The van der Waals surface area contributed by atoms with Crippen molar-refractivity contribution in [3.63, 3.8) is 0 Å². The molecule has 3 nitrogen and oxygen atoms in total. The summed E-state index contributed by atoms with van der Waals surface area (Å²) in [4.78, 5) is 12.1. The SMILES string of the molecule is C1=CCC(c2nc3ccncc3[nH]2)CC1. The fourth-order valence-corrected chi connectivity index (χ4v) is 2.11. The van der Waals surface area contributed by atoms with Crippen molar-refractivity contribution in [3.8, 4) is 0 Å². The predicted molar refractivity (Wildman–Crippen MR) is 59.6 cm³/mol. The highest BCUT2D eigenvalue weighted by atomic mass is 14.9. The van der Waals surface area contributed by atoms with E-state index in [0.29, 0.717) is 5.92 Å². The lowest BCUT2D eigenvalue weighted by atomic mass is 9.94. The van der Waals surface area contributed by atoms with Crippen LogP contribution in [0.15, 0.2) is 30.6 Å². The number of H-pyrrole nitrogens is 1. The minimum Gasteiger partial charge on any atom is -0.340 e. The van der Waals surface area contributed by atoms with Crippen molar-refractivity contribution in [2.75, 3.05) is 0 Å². The molecule has 0 fully saturated rings. The number of rotatable bonds is 1. The number of pyridine rings is 1. The van der Waals surface area contributed by atoms with Gasteiger partial charge < -0.3 is 4.98 Å². The number of nitrogens with zero attached hydrogens (tertiary/aromatic N) is 2. The van der Waals surface area contributed by atoms with E-state index in [-0.39, 0.29) is 0 Å². The highest BCUT2D eigenvalue weighted by molar-refractivity contribution is 5.73. The number of imidazole rings is 1. The Morgan fingerprint density at radius 2 is 2.33 bits per heavy atom. The van der Waals surface area contributed by atoms with Crippen LogP contribution in [0.2, 0.25) is 0 Å². The summed E-state index contributed by atoms with van der Waals surface area (Å²) in [5.41, 5.74) is 2.07. The highest BCUT2D eigenvalue weighted by Gasteiger charge is 2.15. The first-order chi connectivity index (χ1) is 7.43. The van der Waals surface area contributed by atoms with Gasteiger partial charge in [0.1, 0.15) is 5.82 Å². The van der Waals surface area contributed by atoms with E-state index < -0.39 is 0 Å². The maximum Gasteiger partial charge on any atom is 0.110 e. The van der Waals surface area contributed by atoms with E-state index in [0.717, 1.165) is 23.3 Å². The van der Waals surface area contributed by atoms with Crippen molar-refractivity contribution >= 4 is 11.0 Å². The van der Waals surface area contributed by atoms with E-state index in [1.54, 1.807) is 6.20 Å². The van der Waals surface area contributed by atoms with Crippen molar-refractivity contribution in [3.05, 3.63) is 36.4 Å². The van der Waals surface area contributed by atoms with Gasteiger partial charge in [-0.25, -0.2) is 4.98 Å². The normalized spacial score (nSPS) is 20.9. The van der Waals surface area contributed by atoms with E-state index >= 15 is 0 Å². The standard InChI is InChI=1S/C12H13N3/c1-2-4-9(5-3-1)12-14-10-6-7-13-8-11(10)15-12/h1-2,6-9H,3-5H2,(H,14,15). The van der Waals surface area contributed by atoms with Crippen molar-refractivity contribution in [1.82, 2.24) is 15.0 Å². The summed E-state index contributed by atoms with van der Waals surface area (Å²) >= 11 is 0. The Hall–Kier alpha value is -1.64. The molecule has 0 spiro atoms. The van der Waals surface area contributed by atoms with Crippen molar-refractivity contribution in [2.24, 2.45) is 0 Å². The summed E-state index contributed by atoms with van der Waals surface area (Å²) in [6.07, 6.45) is 11.6. The summed E-state index contributed by atoms with van der Waals surface area (Å²) in [6, 6.07) is 1.95. The van der Waals surface area contributed by atoms with Gasteiger partial charge in [0.05, 0.1) is 17.2 Å². The Kier molecular flexibility index (Phi) is 2.02. The minimum absolute atomic E-state index is 0.558. The summed E-state index contributed by atoms with van der Waals surface area (Å²) in [5, 5.41) is 0. The Morgan fingerprint density at radius 1 is 1.33 bits per heavy atom. The van der Waals surface area contributed by atoms with Gasteiger partial charge in [0.15, 0.2) is 0 Å². The molecule has 0 saturated heterocycles. The molecular weight excluding hydrogens is 186 g/mol.